The van der Waals surface area contributed by atoms with E-state index in [2.05, 4.69) is 36.2 Å². The van der Waals surface area contributed by atoms with Crippen LogP contribution in [0.4, 0.5) is 4.39 Å². The predicted octanol–water partition coefficient (Wildman–Crippen LogP) is 4.33. The molecule has 0 N–H and O–H groups in total. The molecule has 0 saturated heterocycles. The van der Waals surface area contributed by atoms with E-state index in [1.165, 1.54) is 35.0 Å². The molecule has 1 amide bonds. The Morgan fingerprint density at radius 2 is 1.89 bits per heavy atom. The van der Waals surface area contributed by atoms with E-state index in [1.54, 1.807) is 30.4 Å². The van der Waals surface area contributed by atoms with E-state index >= 15 is 0 Å². The maximum absolute atomic E-state index is 13.1. The van der Waals surface area contributed by atoms with E-state index in [0.717, 1.165) is 11.3 Å². The summed E-state index contributed by atoms with van der Waals surface area (Å²) in [6, 6.07) is 12.2. The van der Waals surface area contributed by atoms with Crippen molar-refractivity contribution >= 4 is 17.7 Å². The minimum Gasteiger partial charge on any atom is -0.338 e. The maximum atomic E-state index is 13.1. The second-order valence-corrected chi connectivity index (χ2v) is 7.72. The van der Waals surface area contributed by atoms with Crippen LogP contribution >= 0.6 is 11.8 Å². The van der Waals surface area contributed by atoms with Gasteiger partial charge in [0, 0.05) is 12.7 Å². The average molecular weight is 399 g/mol. The topological polar surface area (TPSA) is 51.0 Å². The highest BCUT2D eigenvalue weighted by Gasteiger charge is 2.19. The number of carbonyl (C=O) groups is 1. The minimum absolute atomic E-state index is 0.0311. The zero-order valence-corrected chi connectivity index (χ0v) is 17.2. The fraction of sp³-hybridized carbons (Fsp3) is 0.286. The lowest BCUT2D eigenvalue weighted by Crippen LogP contribution is -2.31. The first kappa shape index (κ1) is 20.1. The Bertz CT molecular complexity index is 971. The van der Waals surface area contributed by atoms with E-state index in [1.807, 2.05) is 17.6 Å². The molecule has 0 bridgehead atoms. The van der Waals surface area contributed by atoms with Crippen molar-refractivity contribution in [3.8, 4) is 5.69 Å². The van der Waals surface area contributed by atoms with E-state index in [0.29, 0.717) is 5.16 Å². The summed E-state index contributed by atoms with van der Waals surface area (Å²) in [6.07, 6.45) is 1.65. The predicted molar refractivity (Wildman–Crippen MR) is 109 cm³/mol. The molecule has 1 atom stereocenters. The molecular formula is C21H23FN4OS. The van der Waals surface area contributed by atoms with E-state index in [4.69, 9.17) is 0 Å². The molecule has 28 heavy (non-hydrogen) atoms. The monoisotopic (exact) mass is 398 g/mol. The summed E-state index contributed by atoms with van der Waals surface area (Å²) in [4.78, 5) is 14.3. The quantitative estimate of drug-likeness (QED) is 0.580. The molecule has 1 unspecified atom stereocenters. The smallest absolute Gasteiger partial charge is 0.233 e. The third-order valence-electron chi connectivity index (χ3n) is 4.94. The molecule has 5 nitrogen and oxygen atoms in total. The number of aryl methyl sites for hydroxylation is 2. The van der Waals surface area contributed by atoms with Crippen molar-refractivity contribution in [1.82, 2.24) is 19.7 Å². The number of benzene rings is 2. The lowest BCUT2D eigenvalue weighted by Gasteiger charge is -2.25. The van der Waals surface area contributed by atoms with Gasteiger partial charge in [-0.25, -0.2) is 4.39 Å². The van der Waals surface area contributed by atoms with Gasteiger partial charge < -0.3 is 4.90 Å². The Morgan fingerprint density at radius 1 is 1.18 bits per heavy atom. The number of aromatic nitrogens is 3. The fourth-order valence-electron chi connectivity index (χ4n) is 2.78. The van der Waals surface area contributed by atoms with Crippen molar-refractivity contribution in [2.45, 2.75) is 32.0 Å². The summed E-state index contributed by atoms with van der Waals surface area (Å²) < 4.78 is 15.0. The number of hydrogen-bond donors (Lipinski definition) is 0. The third-order valence-corrected chi connectivity index (χ3v) is 5.86. The van der Waals surface area contributed by atoms with Gasteiger partial charge in [-0.3, -0.25) is 9.36 Å². The van der Waals surface area contributed by atoms with Crippen molar-refractivity contribution in [2.24, 2.45) is 0 Å². The van der Waals surface area contributed by atoms with Crippen LogP contribution in [0.2, 0.25) is 0 Å². The van der Waals surface area contributed by atoms with Gasteiger partial charge in [0.2, 0.25) is 5.91 Å². The highest BCUT2D eigenvalue weighted by atomic mass is 32.2. The molecule has 146 valence electrons. The maximum Gasteiger partial charge on any atom is 0.233 e. The first-order valence-corrected chi connectivity index (χ1v) is 9.97. The summed E-state index contributed by atoms with van der Waals surface area (Å²) in [6.45, 7) is 6.05. The van der Waals surface area contributed by atoms with Gasteiger partial charge in [0.05, 0.1) is 11.8 Å². The summed E-state index contributed by atoms with van der Waals surface area (Å²) in [5.41, 5.74) is 4.26. The Labute approximate surface area is 168 Å². The average Bonchev–Trinajstić information content (AvgIpc) is 3.16. The van der Waals surface area contributed by atoms with Crippen LogP contribution in [-0.4, -0.2) is 38.4 Å². The first-order chi connectivity index (χ1) is 13.4. The normalized spacial score (nSPS) is 12.0. The lowest BCUT2D eigenvalue weighted by molar-refractivity contribution is -0.128. The Kier molecular flexibility index (Phi) is 6.14. The zero-order chi connectivity index (χ0) is 20.3. The molecule has 2 aromatic carbocycles. The van der Waals surface area contributed by atoms with Crippen molar-refractivity contribution in [3.63, 3.8) is 0 Å². The molecule has 0 fully saturated rings. The SMILES string of the molecule is Cc1ccc(-n2cnnc2SCC(=O)N(C)C(C)c2ccc(F)cc2)cc1C. The number of rotatable bonds is 6. The second-order valence-electron chi connectivity index (χ2n) is 6.77. The van der Waals surface area contributed by atoms with Crippen LogP contribution in [0.3, 0.4) is 0 Å². The molecule has 1 heterocycles. The van der Waals surface area contributed by atoms with E-state index < -0.39 is 0 Å². The van der Waals surface area contributed by atoms with Gasteiger partial charge in [-0.05, 0) is 61.7 Å². The summed E-state index contributed by atoms with van der Waals surface area (Å²) >= 11 is 1.35. The van der Waals surface area contributed by atoms with Gasteiger partial charge in [0.1, 0.15) is 12.1 Å². The van der Waals surface area contributed by atoms with Gasteiger partial charge in [-0.15, -0.1) is 10.2 Å². The molecule has 0 saturated carbocycles. The molecule has 0 spiro atoms. The van der Waals surface area contributed by atoms with Gasteiger partial charge in [-0.2, -0.15) is 0 Å². The van der Waals surface area contributed by atoms with Gasteiger partial charge in [0.25, 0.3) is 0 Å². The molecule has 1 aromatic heterocycles. The highest BCUT2D eigenvalue weighted by molar-refractivity contribution is 7.99. The summed E-state index contributed by atoms with van der Waals surface area (Å²) in [7, 11) is 1.75. The highest BCUT2D eigenvalue weighted by Crippen LogP contribution is 2.24. The van der Waals surface area contributed by atoms with Crippen LogP contribution in [-0.2, 0) is 4.79 Å². The van der Waals surface area contributed by atoms with Gasteiger partial charge >= 0.3 is 0 Å². The number of nitrogens with zero attached hydrogens (tertiary/aromatic N) is 4. The van der Waals surface area contributed by atoms with Crippen LogP contribution in [0.5, 0.6) is 0 Å². The molecule has 7 heteroatoms. The Morgan fingerprint density at radius 3 is 2.57 bits per heavy atom. The number of amides is 1. The number of halogens is 1. The van der Waals surface area contributed by atoms with E-state index in [-0.39, 0.29) is 23.5 Å². The molecule has 0 radical (unpaired) electrons. The lowest BCUT2D eigenvalue weighted by atomic mass is 10.1. The van der Waals surface area contributed by atoms with Crippen molar-refractivity contribution in [2.75, 3.05) is 12.8 Å². The van der Waals surface area contributed by atoms with Crippen molar-refractivity contribution in [1.29, 1.82) is 0 Å². The minimum atomic E-state index is -0.286. The van der Waals surface area contributed by atoms with E-state index in [9.17, 15) is 9.18 Å². The first-order valence-electron chi connectivity index (χ1n) is 8.98. The fourth-order valence-corrected chi connectivity index (χ4v) is 3.64. The molecule has 3 rings (SSSR count). The number of carbonyl (C=O) groups excluding carboxylic acids is 1. The summed E-state index contributed by atoms with van der Waals surface area (Å²) in [5, 5.41) is 8.81. The molecular weight excluding hydrogens is 375 g/mol. The summed E-state index contributed by atoms with van der Waals surface area (Å²) in [5.74, 6) is -0.0754. The van der Waals surface area contributed by atoms with Gasteiger partial charge in [-0.1, -0.05) is 30.0 Å². The number of thioether (sulfide) groups is 1. The van der Waals surface area contributed by atoms with Crippen molar-refractivity contribution in [3.05, 3.63) is 71.3 Å². The standard InChI is InChI=1S/C21H23FN4OS/c1-14-5-10-19(11-15(14)2)26-13-23-24-21(26)28-12-20(27)25(4)16(3)17-6-8-18(22)9-7-17/h5-11,13,16H,12H2,1-4H3. The van der Waals surface area contributed by atoms with Crippen LogP contribution in [0.15, 0.2) is 53.9 Å². The molecule has 0 aliphatic rings. The second kappa shape index (κ2) is 8.56. The Balaban J connectivity index is 1.67. The molecule has 0 aliphatic carbocycles. The molecule has 3 aromatic rings. The van der Waals surface area contributed by atoms with Crippen LogP contribution in [0.25, 0.3) is 5.69 Å². The van der Waals surface area contributed by atoms with Crippen LogP contribution in [0, 0.1) is 19.7 Å². The Hall–Kier alpha value is -2.67. The zero-order valence-electron chi connectivity index (χ0n) is 16.4. The van der Waals surface area contributed by atoms with Crippen LogP contribution in [0.1, 0.15) is 29.7 Å². The number of hydrogen-bond acceptors (Lipinski definition) is 4. The van der Waals surface area contributed by atoms with Gasteiger partial charge in [0.15, 0.2) is 5.16 Å². The molecule has 0 aliphatic heterocycles. The van der Waals surface area contributed by atoms with Crippen LogP contribution < -0.4 is 0 Å². The van der Waals surface area contributed by atoms with Crippen molar-refractivity contribution < 1.29 is 9.18 Å². The largest absolute Gasteiger partial charge is 0.338 e. The third kappa shape index (κ3) is 4.42.